The summed E-state index contributed by atoms with van der Waals surface area (Å²) in [5, 5.41) is 3.47. The highest BCUT2D eigenvalue weighted by Crippen LogP contribution is 2.19. The SMILES string of the molecule is Cn1ccnc1CCc1cccc2c1CNCC2. The van der Waals surface area contributed by atoms with Crippen LogP contribution in [0.4, 0.5) is 0 Å². The van der Waals surface area contributed by atoms with Gasteiger partial charge in [0.1, 0.15) is 5.82 Å². The molecule has 0 saturated heterocycles. The van der Waals surface area contributed by atoms with Crippen molar-refractivity contribution in [1.29, 1.82) is 0 Å². The molecule has 3 rings (SSSR count). The lowest BCUT2D eigenvalue weighted by Crippen LogP contribution is -2.24. The molecule has 0 bridgehead atoms. The number of aryl methyl sites for hydroxylation is 3. The van der Waals surface area contributed by atoms with Gasteiger partial charge in [0.2, 0.25) is 0 Å². The maximum atomic E-state index is 4.39. The Hall–Kier alpha value is -1.61. The van der Waals surface area contributed by atoms with E-state index in [2.05, 4.69) is 40.1 Å². The van der Waals surface area contributed by atoms with Crippen LogP contribution in [0.25, 0.3) is 0 Å². The van der Waals surface area contributed by atoms with Crippen LogP contribution < -0.4 is 5.32 Å². The van der Waals surface area contributed by atoms with Gasteiger partial charge in [0.15, 0.2) is 0 Å². The van der Waals surface area contributed by atoms with Crippen molar-refractivity contribution in [2.24, 2.45) is 7.05 Å². The molecule has 1 N–H and O–H groups in total. The molecule has 0 radical (unpaired) electrons. The fourth-order valence-electron chi connectivity index (χ4n) is 2.70. The van der Waals surface area contributed by atoms with Gasteiger partial charge in [-0.2, -0.15) is 0 Å². The van der Waals surface area contributed by atoms with Crippen LogP contribution in [0.15, 0.2) is 30.6 Å². The summed E-state index contributed by atoms with van der Waals surface area (Å²) in [6.45, 7) is 2.13. The number of imidazole rings is 1. The van der Waals surface area contributed by atoms with Gasteiger partial charge in [-0.1, -0.05) is 18.2 Å². The molecule has 3 nitrogen and oxygen atoms in total. The van der Waals surface area contributed by atoms with Crippen molar-refractivity contribution in [3.05, 3.63) is 53.1 Å². The lowest BCUT2D eigenvalue weighted by Gasteiger charge is -2.20. The van der Waals surface area contributed by atoms with Crippen LogP contribution in [-0.2, 0) is 32.9 Å². The van der Waals surface area contributed by atoms with Crippen LogP contribution in [0.1, 0.15) is 22.5 Å². The Bertz CT molecular complexity index is 542. The summed E-state index contributed by atoms with van der Waals surface area (Å²) < 4.78 is 2.10. The highest BCUT2D eigenvalue weighted by atomic mass is 15.0. The van der Waals surface area contributed by atoms with Gasteiger partial charge in [0, 0.05) is 32.4 Å². The van der Waals surface area contributed by atoms with Crippen molar-refractivity contribution < 1.29 is 0 Å². The second-order valence-corrected chi connectivity index (χ2v) is 4.94. The zero-order valence-electron chi connectivity index (χ0n) is 10.8. The number of benzene rings is 1. The molecular weight excluding hydrogens is 222 g/mol. The molecule has 1 aliphatic heterocycles. The molecule has 94 valence electrons. The average molecular weight is 241 g/mol. The molecule has 0 unspecified atom stereocenters. The summed E-state index contributed by atoms with van der Waals surface area (Å²) in [6, 6.07) is 6.72. The zero-order valence-corrected chi connectivity index (χ0v) is 10.8. The van der Waals surface area contributed by atoms with E-state index in [0.717, 1.165) is 38.2 Å². The fraction of sp³-hybridized carbons (Fsp3) is 0.400. The van der Waals surface area contributed by atoms with E-state index < -0.39 is 0 Å². The Kier molecular flexibility index (Phi) is 3.15. The number of hydrogen-bond donors (Lipinski definition) is 1. The summed E-state index contributed by atoms with van der Waals surface area (Å²) in [4.78, 5) is 4.39. The fourth-order valence-corrected chi connectivity index (χ4v) is 2.70. The van der Waals surface area contributed by atoms with E-state index in [1.807, 2.05) is 12.4 Å². The first kappa shape index (κ1) is 11.5. The molecule has 0 saturated carbocycles. The van der Waals surface area contributed by atoms with Crippen molar-refractivity contribution in [1.82, 2.24) is 14.9 Å². The molecule has 2 aromatic rings. The first-order chi connectivity index (χ1) is 8.84. The Morgan fingerprint density at radius 3 is 3.11 bits per heavy atom. The quantitative estimate of drug-likeness (QED) is 0.889. The van der Waals surface area contributed by atoms with Crippen LogP contribution >= 0.6 is 0 Å². The third-order valence-corrected chi connectivity index (χ3v) is 3.78. The van der Waals surface area contributed by atoms with Crippen LogP contribution in [0, 0.1) is 0 Å². The minimum Gasteiger partial charge on any atom is -0.338 e. The molecule has 0 spiro atoms. The zero-order chi connectivity index (χ0) is 12.4. The van der Waals surface area contributed by atoms with Gasteiger partial charge >= 0.3 is 0 Å². The molecule has 18 heavy (non-hydrogen) atoms. The number of nitrogens with one attached hydrogen (secondary N) is 1. The normalized spacial score (nSPS) is 14.5. The lowest BCUT2D eigenvalue weighted by molar-refractivity contribution is 0.635. The first-order valence-corrected chi connectivity index (χ1v) is 6.61. The van der Waals surface area contributed by atoms with E-state index in [4.69, 9.17) is 0 Å². The molecule has 3 heteroatoms. The smallest absolute Gasteiger partial charge is 0.108 e. The van der Waals surface area contributed by atoms with Gasteiger partial charge in [-0.3, -0.25) is 0 Å². The lowest BCUT2D eigenvalue weighted by atomic mass is 9.93. The monoisotopic (exact) mass is 241 g/mol. The maximum Gasteiger partial charge on any atom is 0.108 e. The largest absolute Gasteiger partial charge is 0.338 e. The topological polar surface area (TPSA) is 29.9 Å². The summed E-state index contributed by atoms with van der Waals surface area (Å²) >= 11 is 0. The van der Waals surface area contributed by atoms with Gasteiger partial charge in [0.25, 0.3) is 0 Å². The Balaban J connectivity index is 1.79. The van der Waals surface area contributed by atoms with Crippen molar-refractivity contribution in [2.75, 3.05) is 6.54 Å². The number of nitrogens with zero attached hydrogens (tertiary/aromatic N) is 2. The Morgan fingerprint density at radius 1 is 1.33 bits per heavy atom. The van der Waals surface area contributed by atoms with E-state index in [1.54, 1.807) is 0 Å². The molecule has 1 aromatic heterocycles. The molecule has 0 atom stereocenters. The third-order valence-electron chi connectivity index (χ3n) is 3.78. The van der Waals surface area contributed by atoms with Gasteiger partial charge in [-0.05, 0) is 36.1 Å². The summed E-state index contributed by atoms with van der Waals surface area (Å²) in [5.41, 5.74) is 4.51. The molecular formula is C15H19N3. The van der Waals surface area contributed by atoms with Crippen LogP contribution in [0.2, 0.25) is 0 Å². The molecule has 0 fully saturated rings. The van der Waals surface area contributed by atoms with Gasteiger partial charge < -0.3 is 9.88 Å². The highest BCUT2D eigenvalue weighted by Gasteiger charge is 2.12. The van der Waals surface area contributed by atoms with E-state index in [1.165, 1.54) is 16.7 Å². The molecule has 1 aromatic carbocycles. The molecule has 0 amide bonds. The van der Waals surface area contributed by atoms with E-state index in [9.17, 15) is 0 Å². The van der Waals surface area contributed by atoms with Crippen molar-refractivity contribution in [2.45, 2.75) is 25.8 Å². The molecule has 0 aliphatic carbocycles. The molecule has 2 heterocycles. The maximum absolute atomic E-state index is 4.39. The van der Waals surface area contributed by atoms with Gasteiger partial charge in [0.05, 0.1) is 0 Å². The van der Waals surface area contributed by atoms with Crippen LogP contribution in [0.5, 0.6) is 0 Å². The van der Waals surface area contributed by atoms with Crippen molar-refractivity contribution in [3.8, 4) is 0 Å². The third kappa shape index (κ3) is 2.18. The second kappa shape index (κ2) is 4.94. The Morgan fingerprint density at radius 2 is 2.28 bits per heavy atom. The predicted octanol–water partition coefficient (Wildman–Crippen LogP) is 1.85. The van der Waals surface area contributed by atoms with E-state index in [-0.39, 0.29) is 0 Å². The highest BCUT2D eigenvalue weighted by molar-refractivity contribution is 5.37. The summed E-state index contributed by atoms with van der Waals surface area (Å²) in [6.07, 6.45) is 7.13. The average Bonchev–Trinajstić information content (AvgIpc) is 2.82. The number of rotatable bonds is 3. The van der Waals surface area contributed by atoms with E-state index in [0.29, 0.717) is 0 Å². The summed E-state index contributed by atoms with van der Waals surface area (Å²) in [5.74, 6) is 1.16. The van der Waals surface area contributed by atoms with E-state index >= 15 is 0 Å². The minimum absolute atomic E-state index is 1.01. The number of aromatic nitrogens is 2. The predicted molar refractivity (Wildman–Crippen MR) is 72.5 cm³/mol. The molecule has 1 aliphatic rings. The standard InChI is InChI=1S/C15H19N3/c1-18-10-9-17-15(18)6-5-12-3-2-4-13-7-8-16-11-14(12)13/h2-4,9-10,16H,5-8,11H2,1H3. The Labute approximate surface area is 108 Å². The number of fused-ring (bicyclic) bond motifs is 1. The second-order valence-electron chi connectivity index (χ2n) is 4.94. The minimum atomic E-state index is 1.01. The van der Waals surface area contributed by atoms with Crippen molar-refractivity contribution >= 4 is 0 Å². The van der Waals surface area contributed by atoms with Gasteiger partial charge in [-0.25, -0.2) is 4.98 Å². The van der Waals surface area contributed by atoms with Crippen LogP contribution in [0.3, 0.4) is 0 Å². The van der Waals surface area contributed by atoms with Crippen molar-refractivity contribution in [3.63, 3.8) is 0 Å². The number of hydrogen-bond acceptors (Lipinski definition) is 2. The first-order valence-electron chi connectivity index (χ1n) is 6.61. The summed E-state index contributed by atoms with van der Waals surface area (Å²) in [7, 11) is 2.06. The van der Waals surface area contributed by atoms with Gasteiger partial charge in [-0.15, -0.1) is 0 Å². The van der Waals surface area contributed by atoms with Crippen LogP contribution in [-0.4, -0.2) is 16.1 Å².